The average Bonchev–Trinajstić information content (AvgIpc) is 3.45. The normalized spacial score (nSPS) is 17.3. The van der Waals surface area contributed by atoms with Crippen LogP contribution in [0.4, 0.5) is 11.6 Å². The van der Waals surface area contributed by atoms with Crippen LogP contribution in [0.5, 0.6) is 0 Å². The molecule has 6 rings (SSSR count). The number of carbonyl (C=O) groups is 1. The van der Waals surface area contributed by atoms with Crippen molar-refractivity contribution >= 4 is 23.2 Å². The summed E-state index contributed by atoms with van der Waals surface area (Å²) in [6.07, 6.45) is 2.16. The van der Waals surface area contributed by atoms with Gasteiger partial charge in [0.25, 0.3) is 5.95 Å². The fraction of sp³-hybridized carbons (Fsp3) is 0.267. The monoisotopic (exact) mass is 505 g/mol. The van der Waals surface area contributed by atoms with E-state index in [1.165, 1.54) is 16.8 Å². The second-order valence-corrected chi connectivity index (χ2v) is 9.99. The second kappa shape index (κ2) is 10.1. The van der Waals surface area contributed by atoms with Gasteiger partial charge in [0.05, 0.1) is 5.70 Å². The van der Waals surface area contributed by atoms with Gasteiger partial charge in [-0.1, -0.05) is 77.4 Å². The molecule has 192 valence electrons. The van der Waals surface area contributed by atoms with E-state index in [1.54, 1.807) is 4.68 Å². The zero-order valence-electron chi connectivity index (χ0n) is 21.7. The van der Waals surface area contributed by atoms with E-state index in [1.807, 2.05) is 28.0 Å². The van der Waals surface area contributed by atoms with Crippen LogP contribution in [-0.2, 0) is 4.79 Å². The first-order valence-electron chi connectivity index (χ1n) is 13.1. The lowest BCUT2D eigenvalue weighted by Gasteiger charge is -2.38. The predicted octanol–water partition coefficient (Wildman–Crippen LogP) is 4.09. The van der Waals surface area contributed by atoms with E-state index in [9.17, 15) is 4.79 Å². The van der Waals surface area contributed by atoms with Crippen molar-refractivity contribution in [1.82, 2.24) is 25.1 Å². The van der Waals surface area contributed by atoms with Crippen LogP contribution in [0.25, 0.3) is 5.70 Å². The molecule has 2 aliphatic heterocycles. The van der Waals surface area contributed by atoms with Gasteiger partial charge in [-0.25, -0.2) is 0 Å². The molecule has 1 fully saturated rings. The van der Waals surface area contributed by atoms with E-state index in [0.29, 0.717) is 19.0 Å². The third-order valence-corrected chi connectivity index (χ3v) is 7.37. The van der Waals surface area contributed by atoms with Crippen molar-refractivity contribution in [2.24, 2.45) is 0 Å². The van der Waals surface area contributed by atoms with Crippen LogP contribution in [0.1, 0.15) is 28.3 Å². The quantitative estimate of drug-likeness (QED) is 0.407. The van der Waals surface area contributed by atoms with Crippen LogP contribution in [0.2, 0.25) is 0 Å². The molecular formula is C30H31N7O. The van der Waals surface area contributed by atoms with Crippen molar-refractivity contribution in [3.8, 4) is 0 Å². The number of piperazine rings is 1. The summed E-state index contributed by atoms with van der Waals surface area (Å²) in [5.74, 6) is 0.642. The Morgan fingerprint density at radius 3 is 2.37 bits per heavy atom. The maximum absolute atomic E-state index is 13.6. The number of aryl methyl sites for hydroxylation is 2. The number of amides is 1. The van der Waals surface area contributed by atoms with E-state index in [-0.39, 0.29) is 18.5 Å². The van der Waals surface area contributed by atoms with E-state index < -0.39 is 0 Å². The number of benzene rings is 3. The molecule has 0 aliphatic carbocycles. The number of tetrazole rings is 1. The minimum absolute atomic E-state index is 0.0691. The Balaban J connectivity index is 1.26. The van der Waals surface area contributed by atoms with Crippen molar-refractivity contribution in [1.29, 1.82) is 0 Å². The van der Waals surface area contributed by atoms with Gasteiger partial charge < -0.3 is 9.80 Å². The average molecular weight is 506 g/mol. The minimum atomic E-state index is -0.165. The Bertz CT molecular complexity index is 1450. The highest BCUT2D eigenvalue weighted by atomic mass is 16.2. The number of allylic oxidation sites excluding steroid dienone is 1. The molecule has 0 unspecified atom stereocenters. The highest BCUT2D eigenvalue weighted by Crippen LogP contribution is 2.36. The van der Waals surface area contributed by atoms with Crippen molar-refractivity contribution in [3.05, 3.63) is 107 Å². The summed E-state index contributed by atoms with van der Waals surface area (Å²) in [6, 6.07) is 26.9. The first kappa shape index (κ1) is 23.9. The maximum Gasteiger partial charge on any atom is 0.251 e. The summed E-state index contributed by atoms with van der Waals surface area (Å²) < 4.78 is 1.80. The number of hydrogen-bond acceptors (Lipinski definition) is 6. The summed E-state index contributed by atoms with van der Waals surface area (Å²) in [4.78, 5) is 19.9. The summed E-state index contributed by atoms with van der Waals surface area (Å²) in [7, 11) is 0. The third kappa shape index (κ3) is 4.65. The van der Waals surface area contributed by atoms with E-state index >= 15 is 0 Å². The molecule has 1 atom stereocenters. The second-order valence-electron chi connectivity index (χ2n) is 9.99. The molecule has 1 aromatic heterocycles. The largest absolute Gasteiger partial charge is 0.368 e. The summed E-state index contributed by atoms with van der Waals surface area (Å²) in [5.41, 5.74) is 6.69. The Kier molecular flexibility index (Phi) is 6.37. The Morgan fingerprint density at radius 2 is 1.63 bits per heavy atom. The van der Waals surface area contributed by atoms with Gasteiger partial charge in [0.15, 0.2) is 0 Å². The minimum Gasteiger partial charge on any atom is -0.368 e. The standard InChI is InChI=1S/C30H31N7O/c1-22-11-13-25(14-12-22)27-20-28(24-8-4-3-5-9-24)37-30(31-32-33-37)36(27)21-29(38)35-17-15-34(16-18-35)26-10-6-7-23(2)19-26/h3-14,19-20,28H,15-18,21H2,1-2H3/t28-/m0/s1. The molecule has 0 saturated carbocycles. The van der Waals surface area contributed by atoms with Crippen molar-refractivity contribution in [2.45, 2.75) is 19.9 Å². The molecule has 0 bridgehead atoms. The van der Waals surface area contributed by atoms with Crippen LogP contribution >= 0.6 is 0 Å². The fourth-order valence-electron chi connectivity index (χ4n) is 5.26. The molecule has 3 heterocycles. The lowest BCUT2D eigenvalue weighted by Crippen LogP contribution is -2.51. The van der Waals surface area contributed by atoms with Crippen LogP contribution in [0.3, 0.4) is 0 Å². The van der Waals surface area contributed by atoms with Crippen molar-refractivity contribution in [3.63, 3.8) is 0 Å². The fourth-order valence-corrected chi connectivity index (χ4v) is 5.26. The first-order valence-corrected chi connectivity index (χ1v) is 13.1. The first-order chi connectivity index (χ1) is 18.6. The van der Waals surface area contributed by atoms with Gasteiger partial charge >= 0.3 is 0 Å². The number of hydrogen-bond donors (Lipinski definition) is 0. The third-order valence-electron chi connectivity index (χ3n) is 7.37. The number of anilines is 2. The number of fused-ring (bicyclic) bond motifs is 1. The number of carbonyl (C=O) groups excluding carboxylic acids is 1. The number of nitrogens with zero attached hydrogens (tertiary/aromatic N) is 7. The van der Waals surface area contributed by atoms with Gasteiger partial charge in [0.1, 0.15) is 12.6 Å². The van der Waals surface area contributed by atoms with Crippen LogP contribution in [0.15, 0.2) is 84.9 Å². The lowest BCUT2D eigenvalue weighted by molar-refractivity contribution is -0.129. The maximum atomic E-state index is 13.6. The van der Waals surface area contributed by atoms with Gasteiger partial charge in [0.2, 0.25) is 5.91 Å². The SMILES string of the molecule is Cc1ccc(C2=C[C@@H](c3ccccc3)n3nnnc3N2CC(=O)N2CCN(c3cccc(C)c3)CC2)cc1. The number of aromatic nitrogens is 4. The molecule has 8 nitrogen and oxygen atoms in total. The Hall–Kier alpha value is -4.46. The van der Waals surface area contributed by atoms with Crippen molar-refractivity contribution in [2.75, 3.05) is 42.5 Å². The number of rotatable bonds is 5. The van der Waals surface area contributed by atoms with Crippen molar-refractivity contribution < 1.29 is 4.79 Å². The van der Waals surface area contributed by atoms with Gasteiger partial charge in [-0.05, 0) is 59.2 Å². The summed E-state index contributed by atoms with van der Waals surface area (Å²) in [5, 5.41) is 12.7. The van der Waals surface area contributed by atoms with E-state index in [4.69, 9.17) is 0 Å². The van der Waals surface area contributed by atoms with E-state index in [0.717, 1.165) is 29.9 Å². The highest BCUT2D eigenvalue weighted by molar-refractivity contribution is 5.89. The van der Waals surface area contributed by atoms with Crippen LogP contribution < -0.4 is 9.80 Å². The molecule has 8 heteroatoms. The van der Waals surface area contributed by atoms with Crippen LogP contribution in [0, 0.1) is 13.8 Å². The zero-order chi connectivity index (χ0) is 26.1. The molecule has 1 saturated heterocycles. The molecule has 0 spiro atoms. The molecule has 1 amide bonds. The lowest BCUT2D eigenvalue weighted by atomic mass is 10.00. The molecule has 38 heavy (non-hydrogen) atoms. The summed E-state index contributed by atoms with van der Waals surface area (Å²) in [6.45, 7) is 7.34. The Labute approximate surface area is 222 Å². The molecular weight excluding hydrogens is 474 g/mol. The Morgan fingerprint density at radius 1 is 0.868 bits per heavy atom. The summed E-state index contributed by atoms with van der Waals surface area (Å²) >= 11 is 0. The molecule has 0 N–H and O–H groups in total. The van der Waals surface area contributed by atoms with E-state index in [2.05, 4.69) is 101 Å². The van der Waals surface area contributed by atoms with Crippen LogP contribution in [-0.4, -0.2) is 63.7 Å². The van der Waals surface area contributed by atoms with Gasteiger partial charge in [-0.3, -0.25) is 9.69 Å². The van der Waals surface area contributed by atoms with Gasteiger partial charge in [-0.2, -0.15) is 4.68 Å². The zero-order valence-corrected chi connectivity index (χ0v) is 21.7. The topological polar surface area (TPSA) is 70.4 Å². The van der Waals surface area contributed by atoms with Gasteiger partial charge in [0, 0.05) is 31.9 Å². The smallest absolute Gasteiger partial charge is 0.251 e. The highest BCUT2D eigenvalue weighted by Gasteiger charge is 2.33. The molecule has 3 aromatic carbocycles. The predicted molar refractivity (Wildman–Crippen MR) is 149 cm³/mol. The molecule has 4 aromatic rings. The molecule has 0 radical (unpaired) electrons. The van der Waals surface area contributed by atoms with Gasteiger partial charge in [-0.15, -0.1) is 0 Å². The molecule has 2 aliphatic rings.